The van der Waals surface area contributed by atoms with Gasteiger partial charge in [-0.1, -0.05) is 0 Å². The second kappa shape index (κ2) is 5.61. The van der Waals surface area contributed by atoms with E-state index in [0.29, 0.717) is 19.7 Å². The van der Waals surface area contributed by atoms with Gasteiger partial charge in [-0.3, -0.25) is 4.79 Å². The maximum absolute atomic E-state index is 12.2. The van der Waals surface area contributed by atoms with E-state index in [0.717, 1.165) is 25.9 Å². The predicted octanol–water partition coefficient (Wildman–Crippen LogP) is -0.794. The van der Waals surface area contributed by atoms with Gasteiger partial charge in [-0.2, -0.15) is 0 Å². The number of nitrogens with zero attached hydrogens (tertiary/aromatic N) is 1. The van der Waals surface area contributed by atoms with Gasteiger partial charge in [0, 0.05) is 19.0 Å². The standard InChI is InChI=1S/C11H20N2O3/c14-8-10-7-13(5-6-16-10)11(15)9-1-3-12-4-2-9/h9-10,12,14H,1-8H2. The van der Waals surface area contributed by atoms with E-state index in [2.05, 4.69) is 5.32 Å². The first kappa shape index (κ1) is 11.8. The average Bonchev–Trinajstić information content (AvgIpc) is 2.39. The van der Waals surface area contributed by atoms with Crippen LogP contribution in [0.5, 0.6) is 0 Å². The highest BCUT2D eigenvalue weighted by Gasteiger charge is 2.29. The van der Waals surface area contributed by atoms with Crippen LogP contribution in [0.2, 0.25) is 0 Å². The maximum Gasteiger partial charge on any atom is 0.225 e. The van der Waals surface area contributed by atoms with Crippen LogP contribution in [0.4, 0.5) is 0 Å². The van der Waals surface area contributed by atoms with Crippen LogP contribution in [-0.2, 0) is 9.53 Å². The largest absolute Gasteiger partial charge is 0.394 e. The number of hydrogen-bond acceptors (Lipinski definition) is 4. The molecule has 2 rings (SSSR count). The van der Waals surface area contributed by atoms with E-state index in [9.17, 15) is 4.79 Å². The zero-order valence-electron chi connectivity index (χ0n) is 9.52. The van der Waals surface area contributed by atoms with E-state index in [4.69, 9.17) is 9.84 Å². The SMILES string of the molecule is O=C(C1CCNCC1)N1CCOC(CO)C1. The van der Waals surface area contributed by atoms with Crippen LogP contribution in [-0.4, -0.2) is 61.4 Å². The summed E-state index contributed by atoms with van der Waals surface area (Å²) in [6, 6.07) is 0. The summed E-state index contributed by atoms with van der Waals surface area (Å²) in [4.78, 5) is 14.0. The van der Waals surface area contributed by atoms with E-state index in [1.165, 1.54) is 0 Å². The van der Waals surface area contributed by atoms with Crippen LogP contribution in [0.1, 0.15) is 12.8 Å². The molecule has 1 atom stereocenters. The summed E-state index contributed by atoms with van der Waals surface area (Å²) >= 11 is 0. The van der Waals surface area contributed by atoms with Crippen molar-refractivity contribution >= 4 is 5.91 Å². The summed E-state index contributed by atoms with van der Waals surface area (Å²) in [5, 5.41) is 12.3. The Morgan fingerprint density at radius 2 is 2.19 bits per heavy atom. The molecule has 0 aromatic rings. The van der Waals surface area contributed by atoms with E-state index in [-0.39, 0.29) is 24.5 Å². The molecule has 0 aliphatic carbocycles. The summed E-state index contributed by atoms with van der Waals surface area (Å²) in [5.41, 5.74) is 0. The summed E-state index contributed by atoms with van der Waals surface area (Å²) in [6.45, 7) is 3.62. The maximum atomic E-state index is 12.2. The van der Waals surface area contributed by atoms with Gasteiger partial charge < -0.3 is 20.1 Å². The van der Waals surface area contributed by atoms with E-state index in [1.807, 2.05) is 4.90 Å². The van der Waals surface area contributed by atoms with Crippen molar-refractivity contribution in [2.75, 3.05) is 39.4 Å². The predicted molar refractivity (Wildman–Crippen MR) is 59.0 cm³/mol. The number of piperidine rings is 1. The second-order valence-electron chi connectivity index (χ2n) is 4.48. The molecule has 0 radical (unpaired) electrons. The highest BCUT2D eigenvalue weighted by molar-refractivity contribution is 5.79. The van der Waals surface area contributed by atoms with Crippen molar-refractivity contribution in [3.63, 3.8) is 0 Å². The number of carbonyl (C=O) groups excluding carboxylic acids is 1. The molecule has 0 bridgehead atoms. The van der Waals surface area contributed by atoms with Gasteiger partial charge in [0.25, 0.3) is 0 Å². The van der Waals surface area contributed by atoms with E-state index in [1.54, 1.807) is 0 Å². The monoisotopic (exact) mass is 228 g/mol. The molecule has 1 unspecified atom stereocenters. The smallest absolute Gasteiger partial charge is 0.225 e. The molecule has 16 heavy (non-hydrogen) atoms. The van der Waals surface area contributed by atoms with E-state index >= 15 is 0 Å². The van der Waals surface area contributed by atoms with Crippen molar-refractivity contribution in [3.05, 3.63) is 0 Å². The molecule has 2 aliphatic rings. The Balaban J connectivity index is 1.87. The summed E-state index contributed by atoms with van der Waals surface area (Å²) in [7, 11) is 0. The minimum atomic E-state index is -0.195. The molecule has 2 N–H and O–H groups in total. The van der Waals surface area contributed by atoms with Crippen LogP contribution < -0.4 is 5.32 Å². The summed E-state index contributed by atoms with van der Waals surface area (Å²) < 4.78 is 5.34. The number of carbonyl (C=O) groups is 1. The summed E-state index contributed by atoms with van der Waals surface area (Å²) in [5.74, 6) is 0.405. The van der Waals surface area contributed by atoms with Gasteiger partial charge in [0.1, 0.15) is 0 Å². The first-order valence-electron chi connectivity index (χ1n) is 6.03. The van der Waals surface area contributed by atoms with Gasteiger partial charge in [-0.25, -0.2) is 0 Å². The quantitative estimate of drug-likeness (QED) is 0.650. The first-order valence-corrected chi connectivity index (χ1v) is 6.03. The average molecular weight is 228 g/mol. The molecule has 0 aromatic carbocycles. The zero-order valence-corrected chi connectivity index (χ0v) is 9.52. The molecule has 5 heteroatoms. The lowest BCUT2D eigenvalue weighted by atomic mass is 9.96. The fraction of sp³-hybridized carbons (Fsp3) is 0.909. The molecule has 5 nitrogen and oxygen atoms in total. The minimum absolute atomic E-state index is 0.00397. The highest BCUT2D eigenvalue weighted by Crippen LogP contribution is 2.17. The third-order valence-corrected chi connectivity index (χ3v) is 3.34. The number of nitrogens with one attached hydrogen (secondary N) is 1. The van der Waals surface area contributed by atoms with E-state index < -0.39 is 0 Å². The van der Waals surface area contributed by atoms with Gasteiger partial charge in [0.05, 0.1) is 19.3 Å². The molecule has 0 saturated carbocycles. The molecular weight excluding hydrogens is 208 g/mol. The van der Waals surface area contributed by atoms with Crippen molar-refractivity contribution in [2.24, 2.45) is 5.92 Å². The van der Waals surface area contributed by atoms with Crippen LogP contribution in [0.15, 0.2) is 0 Å². The van der Waals surface area contributed by atoms with Crippen LogP contribution in [0.3, 0.4) is 0 Å². The normalized spacial score (nSPS) is 28.1. The molecule has 2 heterocycles. The number of hydrogen-bond donors (Lipinski definition) is 2. The Bertz CT molecular complexity index is 241. The Labute approximate surface area is 95.8 Å². The van der Waals surface area contributed by atoms with Crippen molar-refractivity contribution in [2.45, 2.75) is 18.9 Å². The fourth-order valence-electron chi connectivity index (χ4n) is 2.36. The Morgan fingerprint density at radius 1 is 1.44 bits per heavy atom. The molecule has 2 saturated heterocycles. The lowest BCUT2D eigenvalue weighted by molar-refractivity contribution is -0.145. The summed E-state index contributed by atoms with van der Waals surface area (Å²) in [6.07, 6.45) is 1.67. The lowest BCUT2D eigenvalue weighted by Crippen LogP contribution is -2.50. The molecule has 2 aliphatic heterocycles. The Hall–Kier alpha value is -0.650. The van der Waals surface area contributed by atoms with Gasteiger partial charge in [0.2, 0.25) is 5.91 Å². The van der Waals surface area contributed by atoms with Gasteiger partial charge in [0.15, 0.2) is 0 Å². The molecule has 0 aromatic heterocycles. The molecule has 1 amide bonds. The molecule has 92 valence electrons. The Kier molecular flexibility index (Phi) is 4.15. The van der Waals surface area contributed by atoms with Crippen molar-refractivity contribution < 1.29 is 14.6 Å². The highest BCUT2D eigenvalue weighted by atomic mass is 16.5. The van der Waals surface area contributed by atoms with Gasteiger partial charge >= 0.3 is 0 Å². The molecule has 2 fully saturated rings. The molecule has 0 spiro atoms. The number of aliphatic hydroxyl groups is 1. The second-order valence-corrected chi connectivity index (χ2v) is 4.48. The van der Waals surface area contributed by atoms with Crippen molar-refractivity contribution in [1.29, 1.82) is 0 Å². The van der Waals surface area contributed by atoms with Crippen LogP contribution >= 0.6 is 0 Å². The lowest BCUT2D eigenvalue weighted by Gasteiger charge is -2.35. The zero-order chi connectivity index (χ0) is 11.4. The van der Waals surface area contributed by atoms with Crippen molar-refractivity contribution in [1.82, 2.24) is 10.2 Å². The first-order chi connectivity index (χ1) is 7.81. The van der Waals surface area contributed by atoms with Crippen LogP contribution in [0, 0.1) is 5.92 Å². The number of aliphatic hydroxyl groups excluding tert-OH is 1. The van der Waals surface area contributed by atoms with Crippen molar-refractivity contribution in [3.8, 4) is 0 Å². The number of amides is 1. The number of rotatable bonds is 2. The Morgan fingerprint density at radius 3 is 2.88 bits per heavy atom. The number of ether oxygens (including phenoxy) is 1. The topological polar surface area (TPSA) is 61.8 Å². The fourth-order valence-corrected chi connectivity index (χ4v) is 2.36. The minimum Gasteiger partial charge on any atom is -0.394 e. The molecular formula is C11H20N2O3. The third-order valence-electron chi connectivity index (χ3n) is 3.34. The van der Waals surface area contributed by atoms with Gasteiger partial charge in [-0.05, 0) is 25.9 Å². The number of morpholine rings is 1. The third kappa shape index (κ3) is 2.72. The van der Waals surface area contributed by atoms with Gasteiger partial charge in [-0.15, -0.1) is 0 Å². The van der Waals surface area contributed by atoms with Crippen LogP contribution in [0.25, 0.3) is 0 Å².